The summed E-state index contributed by atoms with van der Waals surface area (Å²) in [5.41, 5.74) is 5.54. The van der Waals surface area contributed by atoms with Crippen molar-refractivity contribution in [1.82, 2.24) is 14.8 Å². The third-order valence-electron chi connectivity index (χ3n) is 1.98. The molecule has 0 spiro atoms. The van der Waals surface area contributed by atoms with Gasteiger partial charge in [0.25, 0.3) is 0 Å². The van der Waals surface area contributed by atoms with Crippen molar-refractivity contribution in [3.8, 4) is 5.82 Å². The first-order chi connectivity index (χ1) is 7.61. The highest BCUT2D eigenvalue weighted by molar-refractivity contribution is 6.32. The Morgan fingerprint density at radius 2 is 2.31 bits per heavy atom. The quantitative estimate of drug-likeness (QED) is 0.820. The fraction of sp³-hybridized carbons (Fsp3) is 0. The molecule has 6 nitrogen and oxygen atoms in total. The summed E-state index contributed by atoms with van der Waals surface area (Å²) >= 11 is 5.89. The van der Waals surface area contributed by atoms with E-state index in [0.717, 1.165) is 6.20 Å². The molecule has 0 aliphatic rings. The van der Waals surface area contributed by atoms with Gasteiger partial charge >= 0.3 is 5.97 Å². The van der Waals surface area contributed by atoms with Gasteiger partial charge in [-0.05, 0) is 12.1 Å². The Morgan fingerprint density at radius 1 is 1.56 bits per heavy atom. The van der Waals surface area contributed by atoms with Crippen LogP contribution in [0.1, 0.15) is 10.4 Å². The number of carbonyl (C=O) groups is 1. The molecule has 0 unspecified atom stereocenters. The van der Waals surface area contributed by atoms with Crippen LogP contribution in [0.4, 0.5) is 5.82 Å². The number of nitrogen functional groups attached to an aromatic ring is 1. The molecule has 0 amide bonds. The number of aromatic nitrogens is 3. The van der Waals surface area contributed by atoms with Crippen LogP contribution in [-0.2, 0) is 0 Å². The molecule has 0 aliphatic carbocycles. The Balaban J connectivity index is 2.58. The molecule has 0 radical (unpaired) electrons. The van der Waals surface area contributed by atoms with Gasteiger partial charge in [-0.2, -0.15) is 9.78 Å². The fourth-order valence-electron chi connectivity index (χ4n) is 1.22. The van der Waals surface area contributed by atoms with E-state index in [1.165, 1.54) is 10.9 Å². The first-order valence-corrected chi connectivity index (χ1v) is 4.66. The lowest BCUT2D eigenvalue weighted by Crippen LogP contribution is -2.07. The lowest BCUT2D eigenvalue weighted by molar-refractivity contribution is 0.0698. The van der Waals surface area contributed by atoms with Gasteiger partial charge in [-0.1, -0.05) is 11.6 Å². The summed E-state index contributed by atoms with van der Waals surface area (Å²) < 4.78 is 1.19. The van der Waals surface area contributed by atoms with E-state index in [-0.39, 0.29) is 11.4 Å². The molecule has 2 heterocycles. The molecule has 3 N–H and O–H groups in total. The van der Waals surface area contributed by atoms with Crippen LogP contribution in [-0.4, -0.2) is 25.8 Å². The molecular weight excluding hydrogens is 232 g/mol. The Kier molecular flexibility index (Phi) is 2.49. The van der Waals surface area contributed by atoms with Gasteiger partial charge in [-0.15, -0.1) is 0 Å². The Bertz CT molecular complexity index is 552. The molecule has 0 bridgehead atoms. The van der Waals surface area contributed by atoms with Crippen molar-refractivity contribution in [2.75, 3.05) is 5.73 Å². The fourth-order valence-corrected chi connectivity index (χ4v) is 1.43. The highest BCUT2D eigenvalue weighted by atomic mass is 35.5. The van der Waals surface area contributed by atoms with E-state index in [0.29, 0.717) is 10.8 Å². The van der Waals surface area contributed by atoms with E-state index in [1.807, 2.05) is 0 Å². The minimum atomic E-state index is -1.14. The summed E-state index contributed by atoms with van der Waals surface area (Å²) in [5, 5.41) is 13.0. The van der Waals surface area contributed by atoms with E-state index in [4.69, 9.17) is 22.4 Å². The lowest BCUT2D eigenvalue weighted by atomic mass is 10.3. The molecule has 2 aromatic rings. The van der Waals surface area contributed by atoms with Crippen molar-refractivity contribution in [3.05, 3.63) is 35.1 Å². The maximum absolute atomic E-state index is 10.8. The maximum Gasteiger partial charge on any atom is 0.341 e. The molecule has 0 saturated carbocycles. The van der Waals surface area contributed by atoms with Gasteiger partial charge < -0.3 is 10.8 Å². The first-order valence-electron chi connectivity index (χ1n) is 4.29. The van der Waals surface area contributed by atoms with Gasteiger partial charge in [0.05, 0.1) is 11.2 Å². The number of hydrogen-bond acceptors (Lipinski definition) is 4. The maximum atomic E-state index is 10.8. The van der Waals surface area contributed by atoms with Crippen LogP contribution < -0.4 is 5.73 Å². The third-order valence-corrected chi connectivity index (χ3v) is 2.27. The van der Waals surface area contributed by atoms with Crippen LogP contribution in [0.5, 0.6) is 0 Å². The van der Waals surface area contributed by atoms with E-state index >= 15 is 0 Å². The average molecular weight is 239 g/mol. The summed E-state index contributed by atoms with van der Waals surface area (Å²) in [7, 11) is 0. The monoisotopic (exact) mass is 238 g/mol. The second-order valence-corrected chi connectivity index (χ2v) is 3.38. The summed E-state index contributed by atoms with van der Waals surface area (Å²) in [6.45, 7) is 0. The Hall–Kier alpha value is -2.08. The summed E-state index contributed by atoms with van der Waals surface area (Å²) in [4.78, 5) is 14.7. The zero-order chi connectivity index (χ0) is 11.7. The molecule has 0 fully saturated rings. The number of carboxylic acid groups (broad SMARTS) is 1. The van der Waals surface area contributed by atoms with Crippen molar-refractivity contribution >= 4 is 23.4 Å². The number of rotatable bonds is 2. The van der Waals surface area contributed by atoms with Gasteiger partial charge in [0.1, 0.15) is 11.4 Å². The average Bonchev–Trinajstić information content (AvgIpc) is 2.61. The molecule has 0 saturated heterocycles. The number of aromatic carboxylic acids is 1. The van der Waals surface area contributed by atoms with Crippen molar-refractivity contribution in [3.63, 3.8) is 0 Å². The van der Waals surface area contributed by atoms with Crippen LogP contribution in [0.2, 0.25) is 5.02 Å². The molecule has 7 heteroatoms. The van der Waals surface area contributed by atoms with Crippen molar-refractivity contribution in [2.45, 2.75) is 0 Å². The van der Waals surface area contributed by atoms with E-state index < -0.39 is 5.97 Å². The van der Waals surface area contributed by atoms with Crippen molar-refractivity contribution in [1.29, 1.82) is 0 Å². The van der Waals surface area contributed by atoms with Crippen LogP contribution in [0.3, 0.4) is 0 Å². The third kappa shape index (κ3) is 1.59. The van der Waals surface area contributed by atoms with E-state index in [9.17, 15) is 4.79 Å². The van der Waals surface area contributed by atoms with E-state index in [2.05, 4.69) is 10.1 Å². The number of halogens is 1. The zero-order valence-electron chi connectivity index (χ0n) is 7.96. The predicted octanol–water partition coefficient (Wildman–Crippen LogP) is 1.20. The Morgan fingerprint density at radius 3 is 2.88 bits per heavy atom. The number of carboxylic acids is 1. The minimum absolute atomic E-state index is 0.00639. The lowest BCUT2D eigenvalue weighted by Gasteiger charge is -2.04. The van der Waals surface area contributed by atoms with Crippen LogP contribution in [0.25, 0.3) is 5.82 Å². The molecule has 0 atom stereocenters. The molecule has 0 aromatic carbocycles. The van der Waals surface area contributed by atoms with Gasteiger partial charge in [-0.25, -0.2) is 9.78 Å². The highest BCUT2D eigenvalue weighted by Gasteiger charge is 2.16. The van der Waals surface area contributed by atoms with Gasteiger partial charge in [0.15, 0.2) is 5.82 Å². The second kappa shape index (κ2) is 3.82. The molecule has 0 aliphatic heterocycles. The number of nitrogens with zero attached hydrogens (tertiary/aromatic N) is 3. The summed E-state index contributed by atoms with van der Waals surface area (Å²) in [6.07, 6.45) is 2.67. The zero-order valence-corrected chi connectivity index (χ0v) is 8.72. The summed E-state index contributed by atoms with van der Waals surface area (Å²) in [6, 6.07) is 3.27. The van der Waals surface area contributed by atoms with Crippen LogP contribution in [0.15, 0.2) is 24.5 Å². The van der Waals surface area contributed by atoms with Crippen LogP contribution >= 0.6 is 11.6 Å². The molecule has 82 valence electrons. The summed E-state index contributed by atoms with van der Waals surface area (Å²) in [5.74, 6) is -0.849. The topological polar surface area (TPSA) is 94.0 Å². The molecule has 2 rings (SSSR count). The van der Waals surface area contributed by atoms with Crippen LogP contribution in [0, 0.1) is 0 Å². The predicted molar refractivity (Wildman–Crippen MR) is 57.7 cm³/mol. The van der Waals surface area contributed by atoms with Gasteiger partial charge in [0.2, 0.25) is 0 Å². The van der Waals surface area contributed by atoms with Gasteiger partial charge in [0, 0.05) is 6.20 Å². The number of nitrogens with two attached hydrogens (primary N) is 1. The van der Waals surface area contributed by atoms with Crippen molar-refractivity contribution < 1.29 is 9.90 Å². The molecule has 2 aromatic heterocycles. The largest absolute Gasteiger partial charge is 0.477 e. The smallest absolute Gasteiger partial charge is 0.341 e. The number of anilines is 1. The van der Waals surface area contributed by atoms with E-state index in [1.54, 1.807) is 12.1 Å². The standard InChI is InChI=1S/C9H7ClN4O2/c10-6-2-1-3-12-8(6)14-7(11)5(4-13-14)9(15)16/h1-4H,11H2,(H,15,16). The molecular formula is C9H7ClN4O2. The number of pyridine rings is 1. The number of hydrogen-bond donors (Lipinski definition) is 2. The SMILES string of the molecule is Nc1c(C(=O)O)cnn1-c1ncccc1Cl. The normalized spacial score (nSPS) is 10.3. The minimum Gasteiger partial charge on any atom is -0.477 e. The van der Waals surface area contributed by atoms with Crippen molar-refractivity contribution in [2.24, 2.45) is 0 Å². The second-order valence-electron chi connectivity index (χ2n) is 2.97. The molecule has 16 heavy (non-hydrogen) atoms. The van der Waals surface area contributed by atoms with Gasteiger partial charge in [-0.3, -0.25) is 0 Å². The first kappa shape index (κ1) is 10.4. The Labute approximate surface area is 95.3 Å². The highest BCUT2D eigenvalue weighted by Crippen LogP contribution is 2.21.